The maximum Gasteiger partial charge on any atom is 0.327 e. The number of carbonyl (C=O) groups is 1. The SMILES string of the molecule is O=C(O)[C@@H]1CSc2cc(-c3ccc(F)cc3)cc(=O)n21. The molecule has 1 N–H and O–H groups in total. The van der Waals surface area contributed by atoms with Gasteiger partial charge in [0.05, 0.1) is 5.03 Å². The molecular weight excluding hydrogens is 281 g/mol. The molecule has 0 radical (unpaired) electrons. The second kappa shape index (κ2) is 4.79. The summed E-state index contributed by atoms with van der Waals surface area (Å²) in [6.07, 6.45) is 0. The lowest BCUT2D eigenvalue weighted by Gasteiger charge is -2.10. The summed E-state index contributed by atoms with van der Waals surface area (Å²) in [5, 5.41) is 9.72. The van der Waals surface area contributed by atoms with Gasteiger partial charge in [0.15, 0.2) is 0 Å². The van der Waals surface area contributed by atoms with Crippen molar-refractivity contribution in [1.29, 1.82) is 0 Å². The number of carboxylic acid groups (broad SMARTS) is 1. The van der Waals surface area contributed by atoms with Gasteiger partial charge < -0.3 is 5.11 Å². The Hall–Kier alpha value is -2.08. The number of hydrogen-bond acceptors (Lipinski definition) is 3. The Labute approximate surface area is 117 Å². The fourth-order valence-electron chi connectivity index (χ4n) is 2.20. The fourth-order valence-corrected chi connectivity index (χ4v) is 3.39. The first kappa shape index (κ1) is 12.9. The summed E-state index contributed by atoms with van der Waals surface area (Å²) < 4.78 is 14.2. The molecule has 0 saturated carbocycles. The molecule has 2 heterocycles. The second-order valence-corrected chi connectivity index (χ2v) is 5.50. The van der Waals surface area contributed by atoms with Gasteiger partial charge in [-0.05, 0) is 29.3 Å². The third-order valence-corrected chi connectivity index (χ3v) is 4.29. The molecule has 1 aromatic carbocycles. The van der Waals surface area contributed by atoms with E-state index in [0.717, 1.165) is 5.56 Å². The molecule has 0 spiro atoms. The van der Waals surface area contributed by atoms with Crippen LogP contribution in [0, 0.1) is 5.82 Å². The quantitative estimate of drug-likeness (QED) is 0.923. The number of pyridine rings is 1. The van der Waals surface area contributed by atoms with Crippen LogP contribution < -0.4 is 5.56 Å². The molecule has 6 heteroatoms. The van der Waals surface area contributed by atoms with Gasteiger partial charge in [-0.15, -0.1) is 11.8 Å². The molecule has 3 rings (SSSR count). The van der Waals surface area contributed by atoms with E-state index in [1.165, 1.54) is 34.5 Å². The van der Waals surface area contributed by atoms with E-state index in [0.29, 0.717) is 16.3 Å². The molecule has 2 aromatic rings. The highest BCUT2D eigenvalue weighted by Crippen LogP contribution is 2.34. The smallest absolute Gasteiger partial charge is 0.327 e. The van der Waals surface area contributed by atoms with Gasteiger partial charge in [0.1, 0.15) is 11.9 Å². The molecule has 0 amide bonds. The van der Waals surface area contributed by atoms with Gasteiger partial charge in [-0.1, -0.05) is 12.1 Å². The van der Waals surface area contributed by atoms with Crippen LogP contribution in [0.4, 0.5) is 4.39 Å². The average Bonchev–Trinajstić information content (AvgIpc) is 2.84. The van der Waals surface area contributed by atoms with E-state index < -0.39 is 12.0 Å². The lowest BCUT2D eigenvalue weighted by molar-refractivity contribution is -0.140. The summed E-state index contributed by atoms with van der Waals surface area (Å²) in [7, 11) is 0. The fraction of sp³-hybridized carbons (Fsp3) is 0.143. The standard InChI is InChI=1S/C14H10FNO3S/c15-10-3-1-8(2-4-10)9-5-12(17)16-11(14(18)19)7-20-13(16)6-9/h1-6,11H,7H2,(H,18,19)/t11-/m0/s1. The van der Waals surface area contributed by atoms with Crippen molar-refractivity contribution in [3.8, 4) is 11.1 Å². The van der Waals surface area contributed by atoms with Gasteiger partial charge in [0, 0.05) is 11.8 Å². The van der Waals surface area contributed by atoms with E-state index in [9.17, 15) is 14.0 Å². The minimum absolute atomic E-state index is 0.341. The zero-order valence-corrected chi connectivity index (χ0v) is 11.1. The van der Waals surface area contributed by atoms with Gasteiger partial charge in [-0.2, -0.15) is 0 Å². The maximum absolute atomic E-state index is 12.9. The minimum Gasteiger partial charge on any atom is -0.480 e. The Morgan fingerprint density at radius 1 is 1.25 bits per heavy atom. The number of nitrogens with zero attached hydrogens (tertiary/aromatic N) is 1. The largest absolute Gasteiger partial charge is 0.480 e. The van der Waals surface area contributed by atoms with Crippen LogP contribution in [0.25, 0.3) is 11.1 Å². The number of fused-ring (bicyclic) bond motifs is 1. The number of aromatic nitrogens is 1. The Bertz CT molecular complexity index is 739. The van der Waals surface area contributed by atoms with Crippen molar-refractivity contribution in [2.24, 2.45) is 0 Å². The summed E-state index contributed by atoms with van der Waals surface area (Å²) in [6, 6.07) is 8.18. The molecule has 20 heavy (non-hydrogen) atoms. The van der Waals surface area contributed by atoms with Crippen molar-refractivity contribution in [2.75, 3.05) is 5.75 Å². The Kier molecular flexibility index (Phi) is 3.10. The Balaban J connectivity index is 2.10. The minimum atomic E-state index is -1.01. The number of aliphatic carboxylic acids is 1. The van der Waals surface area contributed by atoms with Crippen LogP contribution in [0.1, 0.15) is 6.04 Å². The van der Waals surface area contributed by atoms with Crippen LogP contribution in [-0.4, -0.2) is 21.4 Å². The van der Waals surface area contributed by atoms with E-state index in [4.69, 9.17) is 5.11 Å². The molecule has 1 aliphatic rings. The average molecular weight is 291 g/mol. The topological polar surface area (TPSA) is 59.3 Å². The van der Waals surface area contributed by atoms with E-state index in [1.54, 1.807) is 18.2 Å². The second-order valence-electron chi connectivity index (χ2n) is 4.46. The molecular formula is C14H10FNO3S. The molecule has 1 atom stereocenters. The lowest BCUT2D eigenvalue weighted by atomic mass is 10.1. The zero-order valence-electron chi connectivity index (χ0n) is 10.2. The first-order chi connectivity index (χ1) is 9.56. The van der Waals surface area contributed by atoms with Crippen LogP contribution >= 0.6 is 11.8 Å². The molecule has 0 fully saturated rings. The van der Waals surface area contributed by atoms with E-state index in [1.807, 2.05) is 0 Å². The van der Waals surface area contributed by atoms with Crippen LogP contribution in [-0.2, 0) is 4.79 Å². The van der Waals surface area contributed by atoms with Crippen LogP contribution in [0.3, 0.4) is 0 Å². The molecule has 0 aliphatic carbocycles. The van der Waals surface area contributed by atoms with Crippen molar-refractivity contribution in [3.05, 3.63) is 52.6 Å². The van der Waals surface area contributed by atoms with Crippen molar-refractivity contribution < 1.29 is 14.3 Å². The van der Waals surface area contributed by atoms with Crippen molar-refractivity contribution in [3.63, 3.8) is 0 Å². The van der Waals surface area contributed by atoms with E-state index in [-0.39, 0.29) is 11.4 Å². The van der Waals surface area contributed by atoms with Crippen LogP contribution in [0.15, 0.2) is 46.2 Å². The highest BCUT2D eigenvalue weighted by molar-refractivity contribution is 7.99. The van der Waals surface area contributed by atoms with Crippen molar-refractivity contribution >= 4 is 17.7 Å². The highest BCUT2D eigenvalue weighted by atomic mass is 32.2. The van der Waals surface area contributed by atoms with Crippen LogP contribution in [0.2, 0.25) is 0 Å². The van der Waals surface area contributed by atoms with Gasteiger partial charge >= 0.3 is 5.97 Å². The van der Waals surface area contributed by atoms with Crippen molar-refractivity contribution in [2.45, 2.75) is 11.1 Å². The molecule has 1 aliphatic heterocycles. The van der Waals surface area contributed by atoms with Crippen LogP contribution in [0.5, 0.6) is 0 Å². The van der Waals surface area contributed by atoms with E-state index in [2.05, 4.69) is 0 Å². The first-order valence-corrected chi connectivity index (χ1v) is 6.93. The van der Waals surface area contributed by atoms with Crippen molar-refractivity contribution in [1.82, 2.24) is 4.57 Å². The number of carboxylic acids is 1. The molecule has 1 aromatic heterocycles. The summed E-state index contributed by atoms with van der Waals surface area (Å²) in [4.78, 5) is 23.2. The number of benzene rings is 1. The van der Waals surface area contributed by atoms with Gasteiger partial charge in [-0.25, -0.2) is 9.18 Å². The third kappa shape index (κ3) is 2.12. The summed E-state index contributed by atoms with van der Waals surface area (Å²) in [5.41, 5.74) is 1.05. The summed E-state index contributed by atoms with van der Waals surface area (Å²) >= 11 is 1.34. The summed E-state index contributed by atoms with van der Waals surface area (Å²) in [6.45, 7) is 0. The predicted molar refractivity (Wildman–Crippen MR) is 73.5 cm³/mol. The molecule has 0 saturated heterocycles. The maximum atomic E-state index is 12.9. The highest BCUT2D eigenvalue weighted by Gasteiger charge is 2.29. The van der Waals surface area contributed by atoms with Gasteiger partial charge in [-0.3, -0.25) is 9.36 Å². The number of hydrogen-bond donors (Lipinski definition) is 1. The zero-order chi connectivity index (χ0) is 14.3. The number of halogens is 1. The Morgan fingerprint density at radius 2 is 1.95 bits per heavy atom. The molecule has 102 valence electrons. The lowest BCUT2D eigenvalue weighted by Crippen LogP contribution is -2.28. The predicted octanol–water partition coefficient (Wildman–Crippen LogP) is 2.39. The van der Waals surface area contributed by atoms with Gasteiger partial charge in [0.25, 0.3) is 5.56 Å². The third-order valence-electron chi connectivity index (χ3n) is 3.20. The first-order valence-electron chi connectivity index (χ1n) is 5.94. The normalized spacial score (nSPS) is 16.9. The van der Waals surface area contributed by atoms with Gasteiger partial charge in [0.2, 0.25) is 0 Å². The number of rotatable bonds is 2. The molecule has 4 nitrogen and oxygen atoms in total. The molecule has 0 bridgehead atoms. The Morgan fingerprint density at radius 3 is 2.60 bits per heavy atom. The van der Waals surface area contributed by atoms with E-state index >= 15 is 0 Å². The monoisotopic (exact) mass is 291 g/mol. The molecule has 0 unspecified atom stereocenters. The summed E-state index contributed by atoms with van der Waals surface area (Å²) in [5.74, 6) is -1.00. The number of thioether (sulfide) groups is 1.